The highest BCUT2D eigenvalue weighted by atomic mass is 16.5. The number of nitrogens with one attached hydrogen (secondary N) is 1. The summed E-state index contributed by atoms with van der Waals surface area (Å²) in [7, 11) is 0. The van der Waals surface area contributed by atoms with E-state index in [1.54, 1.807) is 0 Å². The quantitative estimate of drug-likeness (QED) is 0.355. The molecule has 2 aliphatic rings. The van der Waals surface area contributed by atoms with E-state index in [1.165, 1.54) is 27.8 Å². The number of aromatic nitrogens is 2. The van der Waals surface area contributed by atoms with Gasteiger partial charge in [0.05, 0.1) is 24.9 Å². The van der Waals surface area contributed by atoms with Crippen LogP contribution in [0.1, 0.15) is 94.7 Å². The summed E-state index contributed by atoms with van der Waals surface area (Å²) in [5, 5.41) is 1.29. The average molecular weight is 573 g/mol. The molecule has 1 N–H and O–H groups in total. The van der Waals surface area contributed by atoms with Gasteiger partial charge in [0, 0.05) is 60.3 Å². The zero-order valence-electron chi connectivity index (χ0n) is 26.5. The lowest BCUT2D eigenvalue weighted by Gasteiger charge is -2.38. The first-order valence-corrected chi connectivity index (χ1v) is 15.7. The maximum absolute atomic E-state index is 13.4. The van der Waals surface area contributed by atoms with Gasteiger partial charge in [0.15, 0.2) is 0 Å². The third-order valence-corrected chi connectivity index (χ3v) is 8.77. The number of amides is 2. The van der Waals surface area contributed by atoms with Crippen LogP contribution in [0.4, 0.5) is 0 Å². The van der Waals surface area contributed by atoms with E-state index in [-0.39, 0.29) is 23.3 Å². The third kappa shape index (κ3) is 6.72. The monoisotopic (exact) mass is 572 g/mol. The highest BCUT2D eigenvalue weighted by Gasteiger charge is 2.33. The van der Waals surface area contributed by atoms with E-state index in [0.29, 0.717) is 44.4 Å². The van der Waals surface area contributed by atoms with Crippen LogP contribution in [0, 0.1) is 19.3 Å². The van der Waals surface area contributed by atoms with Crippen molar-refractivity contribution in [3.05, 3.63) is 52.8 Å². The summed E-state index contributed by atoms with van der Waals surface area (Å²) in [6.45, 7) is 17.9. The zero-order valence-corrected chi connectivity index (χ0v) is 26.5. The van der Waals surface area contributed by atoms with Gasteiger partial charge in [-0.1, -0.05) is 40.7 Å². The Bertz CT molecular complexity index is 1420. The summed E-state index contributed by atoms with van der Waals surface area (Å²) in [4.78, 5) is 38.5. The SMILES string of the molecule is Cc1cc(-c2[nH]c3ccc(C4CCN(C(=O)CC5COCCN5C(=O)CC(C)(C)C)CC4)cc3c2C(C)C)cc(C)n1. The number of fused-ring (bicyclic) bond motifs is 1. The number of ether oxygens (including phenoxy) is 1. The number of aromatic amines is 1. The highest BCUT2D eigenvalue weighted by molar-refractivity contribution is 5.92. The molecule has 2 amide bonds. The molecular formula is C35H48N4O3. The van der Waals surface area contributed by atoms with Gasteiger partial charge in [0.2, 0.25) is 11.8 Å². The van der Waals surface area contributed by atoms with Gasteiger partial charge in [-0.25, -0.2) is 0 Å². The van der Waals surface area contributed by atoms with E-state index in [2.05, 4.69) is 88.8 Å². The van der Waals surface area contributed by atoms with Gasteiger partial charge >= 0.3 is 0 Å². The number of likely N-dealkylation sites (tertiary alicyclic amines) is 1. The fraction of sp³-hybridized carbons (Fsp3) is 0.571. The topological polar surface area (TPSA) is 78.5 Å². The molecule has 4 heterocycles. The number of rotatable bonds is 6. The lowest BCUT2D eigenvalue weighted by atomic mass is 9.87. The summed E-state index contributed by atoms with van der Waals surface area (Å²) in [5.41, 5.74) is 8.22. The first-order chi connectivity index (χ1) is 19.9. The number of hydrogen-bond donors (Lipinski definition) is 1. The Kier molecular flexibility index (Phi) is 8.79. The zero-order chi connectivity index (χ0) is 30.2. The number of carbonyl (C=O) groups excluding carboxylic acids is 2. The minimum atomic E-state index is -0.175. The van der Waals surface area contributed by atoms with E-state index in [4.69, 9.17) is 4.74 Å². The van der Waals surface area contributed by atoms with Crippen molar-refractivity contribution in [2.24, 2.45) is 5.41 Å². The van der Waals surface area contributed by atoms with Crippen molar-refractivity contribution in [1.29, 1.82) is 0 Å². The second-order valence-electron chi connectivity index (χ2n) is 13.9. The van der Waals surface area contributed by atoms with Crippen LogP contribution in [-0.2, 0) is 14.3 Å². The van der Waals surface area contributed by atoms with Crippen LogP contribution in [0.5, 0.6) is 0 Å². The minimum absolute atomic E-state index is 0.0795. The van der Waals surface area contributed by atoms with E-state index < -0.39 is 0 Å². The van der Waals surface area contributed by atoms with Gasteiger partial charge in [-0.3, -0.25) is 14.6 Å². The van der Waals surface area contributed by atoms with Crippen molar-refractivity contribution in [2.75, 3.05) is 32.8 Å². The molecule has 2 saturated heterocycles. The second kappa shape index (κ2) is 12.2. The Balaban J connectivity index is 1.27. The Morgan fingerprint density at radius 3 is 2.36 bits per heavy atom. The molecule has 1 unspecified atom stereocenters. The van der Waals surface area contributed by atoms with Crippen molar-refractivity contribution in [1.82, 2.24) is 19.8 Å². The molecule has 7 heteroatoms. The minimum Gasteiger partial charge on any atom is -0.377 e. The second-order valence-corrected chi connectivity index (χ2v) is 13.9. The number of nitrogens with zero attached hydrogens (tertiary/aromatic N) is 3. The predicted octanol–water partition coefficient (Wildman–Crippen LogP) is 6.73. The molecule has 1 atom stereocenters. The van der Waals surface area contributed by atoms with Crippen molar-refractivity contribution in [2.45, 2.75) is 92.0 Å². The predicted molar refractivity (Wildman–Crippen MR) is 169 cm³/mol. The molecule has 0 spiro atoms. The fourth-order valence-electron chi connectivity index (χ4n) is 6.79. The average Bonchev–Trinajstić information content (AvgIpc) is 3.31. The standard InChI is InChI=1S/C35H48N4O3/c1-22(2)33-29-18-26(8-9-30(29)37-34(33)27-16-23(3)36-24(4)17-27)25-10-12-38(13-11-25)31(40)19-28-21-42-15-14-39(28)32(41)20-35(5,6)7/h8-9,16-18,22,25,28,37H,10-15,19-21H2,1-7H3. The van der Waals surface area contributed by atoms with Gasteiger partial charge in [0.25, 0.3) is 0 Å². The lowest BCUT2D eigenvalue weighted by molar-refractivity contribution is -0.145. The normalized spacial score (nSPS) is 18.7. The maximum Gasteiger partial charge on any atom is 0.224 e. The van der Waals surface area contributed by atoms with Crippen LogP contribution in [0.25, 0.3) is 22.2 Å². The molecule has 0 bridgehead atoms. The molecule has 3 aromatic rings. The van der Waals surface area contributed by atoms with Gasteiger partial charge < -0.3 is 19.5 Å². The van der Waals surface area contributed by atoms with E-state index in [0.717, 1.165) is 42.8 Å². The molecule has 0 saturated carbocycles. The maximum atomic E-state index is 13.4. The number of hydrogen-bond acceptors (Lipinski definition) is 4. The fourth-order valence-corrected chi connectivity index (χ4v) is 6.79. The van der Waals surface area contributed by atoms with Crippen LogP contribution in [0.2, 0.25) is 0 Å². The third-order valence-electron chi connectivity index (χ3n) is 8.77. The first kappa shape index (κ1) is 30.3. The van der Waals surface area contributed by atoms with Gasteiger partial charge in [-0.05, 0) is 79.3 Å². The summed E-state index contributed by atoms with van der Waals surface area (Å²) in [5.74, 6) is 1.05. The molecule has 1 aromatic carbocycles. The molecule has 5 rings (SSSR count). The molecule has 2 aromatic heterocycles. The number of piperidine rings is 1. The summed E-state index contributed by atoms with van der Waals surface area (Å²) in [6, 6.07) is 11.0. The number of aryl methyl sites for hydroxylation is 2. The summed E-state index contributed by atoms with van der Waals surface area (Å²) in [6.07, 6.45) is 2.71. The number of morpholine rings is 1. The van der Waals surface area contributed by atoms with Crippen LogP contribution in [0.3, 0.4) is 0 Å². The molecule has 2 fully saturated rings. The van der Waals surface area contributed by atoms with Crippen molar-refractivity contribution in [3.8, 4) is 11.3 Å². The van der Waals surface area contributed by atoms with Gasteiger partial charge in [0.1, 0.15) is 0 Å². The molecule has 0 radical (unpaired) electrons. The number of H-pyrrole nitrogens is 1. The molecular weight excluding hydrogens is 524 g/mol. The summed E-state index contributed by atoms with van der Waals surface area (Å²) < 4.78 is 5.69. The molecule has 42 heavy (non-hydrogen) atoms. The van der Waals surface area contributed by atoms with Crippen molar-refractivity contribution in [3.63, 3.8) is 0 Å². The largest absolute Gasteiger partial charge is 0.377 e. The van der Waals surface area contributed by atoms with Gasteiger partial charge in [-0.15, -0.1) is 0 Å². The van der Waals surface area contributed by atoms with Crippen LogP contribution in [-0.4, -0.2) is 70.5 Å². The summed E-state index contributed by atoms with van der Waals surface area (Å²) >= 11 is 0. The Hall–Kier alpha value is -3.19. The Labute approximate surface area is 251 Å². The van der Waals surface area contributed by atoms with Crippen LogP contribution in [0.15, 0.2) is 30.3 Å². The number of pyridine rings is 1. The number of benzene rings is 1. The molecule has 0 aliphatic carbocycles. The number of carbonyl (C=O) groups is 2. The molecule has 2 aliphatic heterocycles. The molecule has 226 valence electrons. The van der Waals surface area contributed by atoms with Crippen LogP contribution >= 0.6 is 0 Å². The van der Waals surface area contributed by atoms with Gasteiger partial charge in [-0.2, -0.15) is 0 Å². The van der Waals surface area contributed by atoms with E-state index in [1.807, 2.05) is 9.80 Å². The van der Waals surface area contributed by atoms with Crippen molar-refractivity contribution < 1.29 is 14.3 Å². The first-order valence-electron chi connectivity index (χ1n) is 15.7. The van der Waals surface area contributed by atoms with E-state index in [9.17, 15) is 9.59 Å². The van der Waals surface area contributed by atoms with Crippen LogP contribution < -0.4 is 0 Å². The van der Waals surface area contributed by atoms with E-state index >= 15 is 0 Å². The Morgan fingerprint density at radius 2 is 1.71 bits per heavy atom. The van der Waals surface area contributed by atoms with Crippen molar-refractivity contribution >= 4 is 22.7 Å². The Morgan fingerprint density at radius 1 is 1.02 bits per heavy atom. The highest BCUT2D eigenvalue weighted by Crippen LogP contribution is 2.38. The lowest BCUT2D eigenvalue weighted by Crippen LogP contribution is -2.52. The smallest absolute Gasteiger partial charge is 0.224 e. The molecule has 7 nitrogen and oxygen atoms in total.